The van der Waals surface area contributed by atoms with Gasteiger partial charge in [0.2, 0.25) is 0 Å². The van der Waals surface area contributed by atoms with Crippen LogP contribution in [0.4, 0.5) is 0 Å². The van der Waals surface area contributed by atoms with Crippen LogP contribution in [0.3, 0.4) is 0 Å². The molecule has 0 amide bonds. The molecule has 0 aromatic heterocycles. The van der Waals surface area contributed by atoms with E-state index in [2.05, 4.69) is 11.1 Å². The Morgan fingerprint density at radius 2 is 2.27 bits per heavy atom. The summed E-state index contributed by atoms with van der Waals surface area (Å²) in [6, 6.07) is 7.54. The molecular formula is C9H5N2. The van der Waals surface area contributed by atoms with Crippen molar-refractivity contribution in [3.8, 4) is 6.07 Å². The van der Waals surface area contributed by atoms with Gasteiger partial charge in [0.1, 0.15) is 0 Å². The topological polar surface area (TPSA) is 36.1 Å². The second-order valence-electron chi connectivity index (χ2n) is 2.33. The van der Waals surface area contributed by atoms with Crippen LogP contribution in [0.25, 0.3) is 6.08 Å². The van der Waals surface area contributed by atoms with Crippen molar-refractivity contribution in [2.75, 3.05) is 0 Å². The zero-order valence-electron chi connectivity index (χ0n) is 5.78. The van der Waals surface area contributed by atoms with E-state index >= 15 is 0 Å². The van der Waals surface area contributed by atoms with Gasteiger partial charge in [0.25, 0.3) is 0 Å². The summed E-state index contributed by atoms with van der Waals surface area (Å²) < 4.78 is 0. The third-order valence-electron chi connectivity index (χ3n) is 1.62. The molecule has 1 aromatic rings. The van der Waals surface area contributed by atoms with Crippen LogP contribution >= 0.6 is 0 Å². The van der Waals surface area contributed by atoms with Gasteiger partial charge in [0.15, 0.2) is 0 Å². The molecule has 1 aliphatic heterocycles. The average Bonchev–Trinajstić information content (AvgIpc) is 2.50. The predicted octanol–water partition coefficient (Wildman–Crippen LogP) is 0.134. The third-order valence-corrected chi connectivity index (χ3v) is 1.62. The van der Waals surface area contributed by atoms with Crippen molar-refractivity contribution in [1.82, 2.24) is 0 Å². The van der Waals surface area contributed by atoms with Gasteiger partial charge < -0.3 is 0 Å². The van der Waals surface area contributed by atoms with E-state index in [1.54, 1.807) is 12.6 Å². The molecule has 0 atom stereocenters. The Balaban J connectivity index is 2.81. The summed E-state index contributed by atoms with van der Waals surface area (Å²) >= 11 is 0. The highest BCUT2D eigenvalue weighted by molar-refractivity contribution is 5.40. The van der Waals surface area contributed by atoms with Crippen LogP contribution in [-0.2, 0) is 0 Å². The van der Waals surface area contributed by atoms with Crippen molar-refractivity contribution >= 4 is 6.08 Å². The molecule has 0 bridgehead atoms. The van der Waals surface area contributed by atoms with Gasteiger partial charge in [-0.1, -0.05) is 0 Å². The van der Waals surface area contributed by atoms with E-state index in [1.165, 1.54) is 0 Å². The van der Waals surface area contributed by atoms with Crippen LogP contribution in [-0.4, -0.2) is 0 Å². The number of nitrogens with zero attached hydrogens (tertiary/aromatic N) is 2. The van der Waals surface area contributed by atoms with Crippen LogP contribution in [0.1, 0.15) is 5.56 Å². The Labute approximate surface area is 64.1 Å². The van der Waals surface area contributed by atoms with E-state index in [0.29, 0.717) is 5.56 Å². The van der Waals surface area contributed by atoms with E-state index < -0.39 is 0 Å². The molecule has 0 spiro atoms. The molecule has 1 aromatic carbocycles. The lowest BCUT2D eigenvalue weighted by atomic mass is 10.2. The van der Waals surface area contributed by atoms with Gasteiger partial charge in [0, 0.05) is 0 Å². The predicted molar refractivity (Wildman–Crippen MR) is 40.7 cm³/mol. The first-order chi connectivity index (χ1) is 5.40. The SMILES string of the molecule is N#Cc1ccc2c(c1)=C[CH]N=2. The van der Waals surface area contributed by atoms with E-state index in [1.807, 2.05) is 18.2 Å². The Kier molecular flexibility index (Phi) is 1.23. The molecule has 2 heteroatoms. The fourth-order valence-corrected chi connectivity index (χ4v) is 1.07. The molecule has 2 rings (SSSR count). The highest BCUT2D eigenvalue weighted by Crippen LogP contribution is 1.91. The van der Waals surface area contributed by atoms with Crippen LogP contribution in [0.2, 0.25) is 0 Å². The van der Waals surface area contributed by atoms with Crippen molar-refractivity contribution < 1.29 is 0 Å². The van der Waals surface area contributed by atoms with E-state index in [9.17, 15) is 0 Å². The highest BCUT2D eigenvalue weighted by atomic mass is 14.7. The van der Waals surface area contributed by atoms with Gasteiger partial charge in [-0.3, -0.25) is 4.99 Å². The van der Waals surface area contributed by atoms with Crippen molar-refractivity contribution in [3.63, 3.8) is 0 Å². The molecule has 0 saturated heterocycles. The fraction of sp³-hybridized carbons (Fsp3) is 0. The monoisotopic (exact) mass is 141 g/mol. The lowest BCUT2D eigenvalue weighted by Crippen LogP contribution is -2.20. The minimum atomic E-state index is 0.686. The average molecular weight is 141 g/mol. The Morgan fingerprint density at radius 3 is 3.09 bits per heavy atom. The van der Waals surface area contributed by atoms with Crippen LogP contribution < -0.4 is 10.6 Å². The summed E-state index contributed by atoms with van der Waals surface area (Å²) in [5.41, 5.74) is 0.686. The molecule has 1 radical (unpaired) electrons. The first kappa shape index (κ1) is 6.11. The molecule has 11 heavy (non-hydrogen) atoms. The Hall–Kier alpha value is -1.62. The number of hydrogen-bond acceptors (Lipinski definition) is 2. The second-order valence-corrected chi connectivity index (χ2v) is 2.33. The highest BCUT2D eigenvalue weighted by Gasteiger charge is 1.95. The summed E-state index contributed by atoms with van der Waals surface area (Å²) in [7, 11) is 0. The third kappa shape index (κ3) is 0.908. The lowest BCUT2D eigenvalue weighted by Gasteiger charge is -1.84. The molecule has 0 saturated carbocycles. The zero-order valence-corrected chi connectivity index (χ0v) is 5.78. The van der Waals surface area contributed by atoms with Crippen LogP contribution in [0, 0.1) is 17.9 Å². The van der Waals surface area contributed by atoms with Gasteiger partial charge in [0.05, 0.1) is 23.5 Å². The van der Waals surface area contributed by atoms with E-state index in [-0.39, 0.29) is 0 Å². The van der Waals surface area contributed by atoms with Gasteiger partial charge in [-0.15, -0.1) is 0 Å². The minimum absolute atomic E-state index is 0.686. The first-order valence-electron chi connectivity index (χ1n) is 3.32. The fourth-order valence-electron chi connectivity index (χ4n) is 1.07. The molecule has 51 valence electrons. The first-order valence-corrected chi connectivity index (χ1v) is 3.32. The quantitative estimate of drug-likeness (QED) is 0.506. The van der Waals surface area contributed by atoms with Crippen molar-refractivity contribution in [2.45, 2.75) is 0 Å². The summed E-state index contributed by atoms with van der Waals surface area (Å²) in [5.74, 6) is 0. The standard InChI is InChI=1S/C9H5N2/c10-6-7-1-2-9-8(5-7)3-4-11-9/h1-5H. The molecule has 0 N–H and O–H groups in total. The summed E-state index contributed by atoms with van der Waals surface area (Å²) in [6.07, 6.45) is 1.90. The van der Waals surface area contributed by atoms with E-state index in [4.69, 9.17) is 5.26 Å². The van der Waals surface area contributed by atoms with Crippen molar-refractivity contribution in [1.29, 1.82) is 5.26 Å². The van der Waals surface area contributed by atoms with Gasteiger partial charge >= 0.3 is 0 Å². The van der Waals surface area contributed by atoms with Crippen molar-refractivity contribution in [3.05, 3.63) is 40.9 Å². The summed E-state index contributed by atoms with van der Waals surface area (Å²) in [5, 5.41) is 10.5. The summed E-state index contributed by atoms with van der Waals surface area (Å²) in [6.45, 7) is 1.74. The Bertz CT molecular complexity index is 438. The maximum atomic E-state index is 8.56. The molecule has 1 aliphatic rings. The number of rotatable bonds is 0. The summed E-state index contributed by atoms with van der Waals surface area (Å²) in [4.78, 5) is 4.08. The number of fused-ring (bicyclic) bond motifs is 1. The largest absolute Gasteiger partial charge is 0.275 e. The number of hydrogen-bond donors (Lipinski definition) is 0. The Morgan fingerprint density at radius 1 is 1.36 bits per heavy atom. The maximum absolute atomic E-state index is 8.56. The number of benzene rings is 1. The van der Waals surface area contributed by atoms with Gasteiger partial charge in [-0.2, -0.15) is 5.26 Å². The second kappa shape index (κ2) is 2.21. The maximum Gasteiger partial charge on any atom is 0.0991 e. The van der Waals surface area contributed by atoms with Crippen molar-refractivity contribution in [2.24, 2.45) is 4.99 Å². The molecule has 1 heterocycles. The molecule has 0 aliphatic carbocycles. The molecule has 2 nitrogen and oxygen atoms in total. The van der Waals surface area contributed by atoms with Crippen LogP contribution in [0.5, 0.6) is 0 Å². The normalized spacial score (nSPS) is 12.6. The van der Waals surface area contributed by atoms with Gasteiger partial charge in [-0.25, -0.2) is 0 Å². The minimum Gasteiger partial charge on any atom is -0.275 e. The molecular weight excluding hydrogens is 136 g/mol. The lowest BCUT2D eigenvalue weighted by molar-refractivity contribution is 1.31. The molecule has 0 fully saturated rings. The van der Waals surface area contributed by atoms with Crippen LogP contribution in [0.15, 0.2) is 23.2 Å². The number of nitriles is 1. The zero-order chi connectivity index (χ0) is 7.68. The molecule has 0 unspecified atom stereocenters. The smallest absolute Gasteiger partial charge is 0.0991 e. The van der Waals surface area contributed by atoms with Gasteiger partial charge in [-0.05, 0) is 29.5 Å². The van der Waals surface area contributed by atoms with E-state index in [0.717, 1.165) is 10.6 Å².